The maximum absolute atomic E-state index is 12.0. The van der Waals surface area contributed by atoms with E-state index in [1.54, 1.807) is 12.1 Å². The summed E-state index contributed by atoms with van der Waals surface area (Å²) in [6, 6.07) is 4.32. The third-order valence-electron chi connectivity index (χ3n) is 3.84. The van der Waals surface area contributed by atoms with Crippen LogP contribution < -0.4 is 21.7 Å². The van der Waals surface area contributed by atoms with E-state index < -0.39 is 42.3 Å². The molecule has 0 aliphatic rings. The predicted octanol–water partition coefficient (Wildman–Crippen LogP) is -1.18. The van der Waals surface area contributed by atoms with E-state index in [2.05, 4.69) is 16.0 Å². The average molecular weight is 426 g/mol. The highest BCUT2D eigenvalue weighted by atomic mass is 32.2. The topological polar surface area (TPSA) is 171 Å². The van der Waals surface area contributed by atoms with Crippen LogP contribution in [0.2, 0.25) is 0 Å². The summed E-state index contributed by atoms with van der Waals surface area (Å²) >= 11 is 1.46. The van der Waals surface area contributed by atoms with Gasteiger partial charge in [0, 0.05) is 0 Å². The van der Waals surface area contributed by atoms with Crippen molar-refractivity contribution in [3.05, 3.63) is 29.8 Å². The maximum Gasteiger partial charge on any atom is 0.326 e. The zero-order valence-electron chi connectivity index (χ0n) is 16.0. The van der Waals surface area contributed by atoms with Gasteiger partial charge in [-0.3, -0.25) is 14.4 Å². The van der Waals surface area contributed by atoms with Crippen molar-refractivity contribution in [2.24, 2.45) is 5.73 Å². The second-order valence-electron chi connectivity index (χ2n) is 6.21. The fourth-order valence-electron chi connectivity index (χ4n) is 2.26. The summed E-state index contributed by atoms with van der Waals surface area (Å²) in [5.74, 6) is -2.26. The van der Waals surface area contributed by atoms with E-state index in [0.29, 0.717) is 5.75 Å². The van der Waals surface area contributed by atoms with Gasteiger partial charge in [-0.05, 0) is 42.5 Å². The van der Waals surface area contributed by atoms with Gasteiger partial charge in [-0.2, -0.15) is 11.8 Å². The van der Waals surface area contributed by atoms with Crippen LogP contribution in [-0.4, -0.2) is 71.1 Å². The molecule has 3 amide bonds. The molecule has 0 bridgehead atoms. The van der Waals surface area contributed by atoms with Crippen molar-refractivity contribution in [2.45, 2.75) is 24.9 Å². The highest BCUT2D eigenvalue weighted by Crippen LogP contribution is 2.10. The maximum atomic E-state index is 12.0. The van der Waals surface area contributed by atoms with E-state index >= 15 is 0 Å². The zero-order valence-corrected chi connectivity index (χ0v) is 16.8. The lowest BCUT2D eigenvalue weighted by atomic mass is 10.1. The quantitative estimate of drug-likeness (QED) is 0.242. The monoisotopic (exact) mass is 426 g/mol. The van der Waals surface area contributed by atoms with Crippen LogP contribution in [0.25, 0.3) is 0 Å². The molecule has 29 heavy (non-hydrogen) atoms. The molecule has 2 atom stereocenters. The number of carboxylic acid groups (broad SMARTS) is 1. The standard InChI is InChI=1S/C18H26N4O6S/c1-29-7-6-14(18(27)28)22-16(25)10-20-15(24)9-21-17(26)13(19)8-11-2-4-12(23)5-3-11/h2-5,13-14,23H,6-10,19H2,1H3,(H,20,24)(H,21,26)(H,22,25)(H,27,28). The van der Waals surface area contributed by atoms with Crippen LogP contribution >= 0.6 is 11.8 Å². The van der Waals surface area contributed by atoms with Gasteiger partial charge in [-0.1, -0.05) is 12.1 Å². The molecule has 11 heteroatoms. The minimum absolute atomic E-state index is 0.103. The number of thioether (sulfide) groups is 1. The smallest absolute Gasteiger partial charge is 0.326 e. The minimum Gasteiger partial charge on any atom is -0.508 e. The molecule has 1 aromatic carbocycles. The fraction of sp³-hybridized carbons (Fsp3) is 0.444. The Morgan fingerprint density at radius 2 is 1.69 bits per heavy atom. The summed E-state index contributed by atoms with van der Waals surface area (Å²) in [5.41, 5.74) is 6.54. The summed E-state index contributed by atoms with van der Waals surface area (Å²) < 4.78 is 0. The van der Waals surface area contributed by atoms with Gasteiger partial charge in [0.15, 0.2) is 0 Å². The molecule has 0 saturated heterocycles. The molecular formula is C18H26N4O6S. The van der Waals surface area contributed by atoms with E-state index in [0.717, 1.165) is 5.56 Å². The van der Waals surface area contributed by atoms with Crippen molar-refractivity contribution in [1.82, 2.24) is 16.0 Å². The first-order valence-corrected chi connectivity index (χ1v) is 10.2. The van der Waals surface area contributed by atoms with Gasteiger partial charge < -0.3 is 31.9 Å². The Labute approximate surface area is 172 Å². The van der Waals surface area contributed by atoms with Crippen LogP contribution in [-0.2, 0) is 25.6 Å². The fourth-order valence-corrected chi connectivity index (χ4v) is 2.73. The number of phenols is 1. The summed E-state index contributed by atoms with van der Waals surface area (Å²) in [4.78, 5) is 46.6. The number of carbonyl (C=O) groups is 4. The lowest BCUT2D eigenvalue weighted by Gasteiger charge is -2.15. The molecule has 0 aliphatic carbocycles. The Morgan fingerprint density at radius 1 is 1.07 bits per heavy atom. The highest BCUT2D eigenvalue weighted by Gasteiger charge is 2.20. The van der Waals surface area contributed by atoms with E-state index in [-0.39, 0.29) is 25.1 Å². The first-order chi connectivity index (χ1) is 13.7. The van der Waals surface area contributed by atoms with Gasteiger partial charge in [0.1, 0.15) is 11.8 Å². The van der Waals surface area contributed by atoms with Crippen LogP contribution in [0.4, 0.5) is 0 Å². The van der Waals surface area contributed by atoms with Crippen LogP contribution in [0.1, 0.15) is 12.0 Å². The average Bonchev–Trinajstić information content (AvgIpc) is 2.69. The van der Waals surface area contributed by atoms with Crippen LogP contribution in [0, 0.1) is 0 Å². The molecule has 0 fully saturated rings. The zero-order chi connectivity index (χ0) is 21.8. The van der Waals surface area contributed by atoms with Crippen molar-refractivity contribution < 1.29 is 29.4 Å². The van der Waals surface area contributed by atoms with Gasteiger partial charge in [0.2, 0.25) is 17.7 Å². The minimum atomic E-state index is -1.14. The van der Waals surface area contributed by atoms with Crippen molar-refractivity contribution in [3.63, 3.8) is 0 Å². The van der Waals surface area contributed by atoms with Crippen LogP contribution in [0.5, 0.6) is 5.75 Å². The van der Waals surface area contributed by atoms with Crippen molar-refractivity contribution in [1.29, 1.82) is 0 Å². The number of amides is 3. The number of nitrogens with two attached hydrogens (primary N) is 1. The van der Waals surface area contributed by atoms with Crippen LogP contribution in [0.15, 0.2) is 24.3 Å². The van der Waals surface area contributed by atoms with E-state index in [9.17, 15) is 24.3 Å². The third-order valence-corrected chi connectivity index (χ3v) is 4.49. The van der Waals surface area contributed by atoms with E-state index in [1.807, 2.05) is 6.26 Å². The van der Waals surface area contributed by atoms with E-state index in [4.69, 9.17) is 10.8 Å². The number of carbonyl (C=O) groups excluding carboxylic acids is 3. The van der Waals surface area contributed by atoms with Gasteiger partial charge in [0.05, 0.1) is 19.1 Å². The molecule has 0 saturated carbocycles. The van der Waals surface area contributed by atoms with Crippen molar-refractivity contribution in [2.75, 3.05) is 25.1 Å². The lowest BCUT2D eigenvalue weighted by Crippen LogP contribution is -2.49. The Kier molecular flexibility index (Phi) is 10.6. The molecular weight excluding hydrogens is 400 g/mol. The number of aromatic hydroxyl groups is 1. The predicted molar refractivity (Wildman–Crippen MR) is 108 cm³/mol. The number of hydrogen-bond acceptors (Lipinski definition) is 7. The molecule has 1 aromatic rings. The van der Waals surface area contributed by atoms with Gasteiger partial charge in [0.25, 0.3) is 0 Å². The number of rotatable bonds is 12. The Morgan fingerprint density at radius 3 is 2.28 bits per heavy atom. The largest absolute Gasteiger partial charge is 0.508 e. The van der Waals surface area contributed by atoms with E-state index in [1.165, 1.54) is 23.9 Å². The number of phenolic OH excluding ortho intramolecular Hbond substituents is 1. The van der Waals surface area contributed by atoms with Crippen molar-refractivity contribution in [3.8, 4) is 5.75 Å². The normalized spacial score (nSPS) is 12.5. The third kappa shape index (κ3) is 9.81. The first kappa shape index (κ1) is 24.2. The Hall–Kier alpha value is -2.79. The summed E-state index contributed by atoms with van der Waals surface area (Å²) in [5, 5.41) is 25.3. The molecule has 1 rings (SSSR count). The number of nitrogens with one attached hydrogen (secondary N) is 3. The summed E-state index contributed by atoms with van der Waals surface area (Å²) in [7, 11) is 0. The molecule has 0 aromatic heterocycles. The molecule has 0 heterocycles. The SMILES string of the molecule is CSCCC(NC(=O)CNC(=O)CNC(=O)C(N)Cc1ccc(O)cc1)C(=O)O. The molecule has 0 radical (unpaired) electrons. The molecule has 7 N–H and O–H groups in total. The summed E-state index contributed by atoms with van der Waals surface area (Å²) in [6.07, 6.45) is 2.32. The number of benzene rings is 1. The Balaban J connectivity index is 2.32. The van der Waals surface area contributed by atoms with Gasteiger partial charge in [-0.25, -0.2) is 4.79 Å². The molecule has 0 spiro atoms. The van der Waals surface area contributed by atoms with Crippen LogP contribution in [0.3, 0.4) is 0 Å². The lowest BCUT2D eigenvalue weighted by molar-refractivity contribution is -0.141. The second kappa shape index (κ2) is 12.6. The molecule has 0 aliphatic heterocycles. The summed E-state index contributed by atoms with van der Waals surface area (Å²) in [6.45, 7) is -0.776. The number of carboxylic acids is 1. The number of hydrogen-bond donors (Lipinski definition) is 6. The van der Waals surface area contributed by atoms with Crippen molar-refractivity contribution >= 4 is 35.5 Å². The van der Waals surface area contributed by atoms with Gasteiger partial charge in [-0.15, -0.1) is 0 Å². The molecule has 10 nitrogen and oxygen atoms in total. The highest BCUT2D eigenvalue weighted by molar-refractivity contribution is 7.98. The van der Waals surface area contributed by atoms with Gasteiger partial charge >= 0.3 is 5.97 Å². The number of aliphatic carboxylic acids is 1. The Bertz CT molecular complexity index is 713. The molecule has 160 valence electrons. The first-order valence-electron chi connectivity index (χ1n) is 8.82. The second-order valence-corrected chi connectivity index (χ2v) is 7.20. The molecule has 2 unspecified atom stereocenters.